The number of carbonyl (C=O) groups is 1. The average Bonchev–Trinajstić information content (AvgIpc) is 3.20. The lowest BCUT2D eigenvalue weighted by Crippen LogP contribution is -2.43. The van der Waals surface area contributed by atoms with E-state index in [4.69, 9.17) is 9.51 Å². The number of aryl methyl sites for hydroxylation is 2. The Kier molecular flexibility index (Phi) is 6.22. The standard InChI is InChI=1S/C22H27N5O2S/c1-4-18-19-20(24-14(2)25-22(19)29-26-18)27-11-5-6-16(13-27)21(28)23-12-15-7-9-17(30-3)10-8-15/h7-10,16H,4-6,11-13H2,1-3H3,(H,23,28)/t16-/m1/s1. The first-order valence-electron chi connectivity index (χ1n) is 10.4. The Morgan fingerprint density at radius 3 is 2.83 bits per heavy atom. The molecule has 1 N–H and O–H groups in total. The summed E-state index contributed by atoms with van der Waals surface area (Å²) < 4.78 is 5.42. The van der Waals surface area contributed by atoms with Crippen LogP contribution in [0.3, 0.4) is 0 Å². The van der Waals surface area contributed by atoms with E-state index in [1.165, 1.54) is 4.90 Å². The van der Waals surface area contributed by atoms with Crippen LogP contribution in [0.2, 0.25) is 0 Å². The summed E-state index contributed by atoms with van der Waals surface area (Å²) in [5, 5.41) is 8.14. The molecule has 1 amide bonds. The molecule has 0 unspecified atom stereocenters. The van der Waals surface area contributed by atoms with Crippen molar-refractivity contribution in [3.05, 3.63) is 41.3 Å². The Balaban J connectivity index is 1.47. The van der Waals surface area contributed by atoms with Crippen LogP contribution in [-0.4, -0.2) is 40.4 Å². The molecule has 8 heteroatoms. The van der Waals surface area contributed by atoms with Gasteiger partial charge in [0, 0.05) is 24.5 Å². The number of anilines is 1. The van der Waals surface area contributed by atoms with Crippen LogP contribution < -0.4 is 10.2 Å². The number of nitrogens with zero attached hydrogens (tertiary/aromatic N) is 4. The number of amides is 1. The largest absolute Gasteiger partial charge is 0.355 e. The molecular weight excluding hydrogens is 398 g/mol. The Morgan fingerprint density at radius 2 is 2.10 bits per heavy atom. The molecule has 1 fully saturated rings. The van der Waals surface area contributed by atoms with Crippen LogP contribution in [0.1, 0.15) is 36.8 Å². The van der Waals surface area contributed by atoms with Crippen LogP contribution in [-0.2, 0) is 17.8 Å². The van der Waals surface area contributed by atoms with Crippen molar-refractivity contribution >= 4 is 34.6 Å². The maximum absolute atomic E-state index is 12.9. The molecule has 1 aromatic carbocycles. The van der Waals surface area contributed by atoms with Crippen molar-refractivity contribution in [1.29, 1.82) is 0 Å². The number of nitrogens with one attached hydrogen (secondary N) is 1. The fourth-order valence-corrected chi connectivity index (χ4v) is 4.33. The van der Waals surface area contributed by atoms with Gasteiger partial charge >= 0.3 is 0 Å². The molecule has 158 valence electrons. The molecule has 1 atom stereocenters. The van der Waals surface area contributed by atoms with E-state index in [9.17, 15) is 4.79 Å². The van der Waals surface area contributed by atoms with Gasteiger partial charge in [0.25, 0.3) is 5.71 Å². The van der Waals surface area contributed by atoms with Crippen molar-refractivity contribution in [2.75, 3.05) is 24.2 Å². The number of carbonyl (C=O) groups excluding carboxylic acids is 1. The van der Waals surface area contributed by atoms with Crippen LogP contribution in [0.15, 0.2) is 33.7 Å². The van der Waals surface area contributed by atoms with E-state index in [2.05, 4.69) is 50.9 Å². The van der Waals surface area contributed by atoms with E-state index in [0.717, 1.165) is 48.3 Å². The van der Waals surface area contributed by atoms with Gasteiger partial charge in [0.05, 0.1) is 11.6 Å². The number of thioether (sulfide) groups is 1. The van der Waals surface area contributed by atoms with Gasteiger partial charge in [0.1, 0.15) is 17.0 Å². The van der Waals surface area contributed by atoms with Gasteiger partial charge in [-0.05, 0) is 50.1 Å². The second-order valence-electron chi connectivity index (χ2n) is 7.61. The molecule has 2 aromatic heterocycles. The maximum atomic E-state index is 12.9. The van der Waals surface area contributed by atoms with Gasteiger partial charge in [0.15, 0.2) is 0 Å². The first kappa shape index (κ1) is 20.7. The molecule has 1 aliphatic rings. The zero-order valence-electron chi connectivity index (χ0n) is 17.6. The minimum absolute atomic E-state index is 0.0699. The molecule has 3 heterocycles. The van der Waals surface area contributed by atoms with Crippen LogP contribution >= 0.6 is 11.8 Å². The van der Waals surface area contributed by atoms with E-state index < -0.39 is 0 Å². The molecule has 0 saturated carbocycles. The molecule has 30 heavy (non-hydrogen) atoms. The number of hydrogen-bond acceptors (Lipinski definition) is 7. The molecule has 1 saturated heterocycles. The van der Waals surface area contributed by atoms with Crippen molar-refractivity contribution in [3.63, 3.8) is 0 Å². The topological polar surface area (TPSA) is 84.2 Å². The van der Waals surface area contributed by atoms with Gasteiger partial charge in [0.2, 0.25) is 5.91 Å². The lowest BCUT2D eigenvalue weighted by molar-refractivity contribution is -0.125. The zero-order chi connectivity index (χ0) is 21.1. The third-order valence-electron chi connectivity index (χ3n) is 5.55. The highest BCUT2D eigenvalue weighted by Crippen LogP contribution is 2.31. The van der Waals surface area contributed by atoms with Crippen molar-refractivity contribution in [1.82, 2.24) is 20.4 Å². The Bertz CT molecular complexity index is 1030. The third kappa shape index (κ3) is 4.28. The highest BCUT2D eigenvalue weighted by atomic mass is 32.2. The summed E-state index contributed by atoms with van der Waals surface area (Å²) in [4.78, 5) is 25.4. The molecule has 0 bridgehead atoms. The summed E-state index contributed by atoms with van der Waals surface area (Å²) in [6, 6.07) is 8.30. The number of hydrogen-bond donors (Lipinski definition) is 1. The van der Waals surface area contributed by atoms with Crippen LogP contribution in [0.4, 0.5) is 5.82 Å². The lowest BCUT2D eigenvalue weighted by Gasteiger charge is -2.33. The summed E-state index contributed by atoms with van der Waals surface area (Å²) in [6.07, 6.45) is 4.63. The SMILES string of the molecule is CCc1noc2nc(C)nc(N3CCC[C@@H](C(=O)NCc4ccc(SC)cc4)C3)c12. The van der Waals surface area contributed by atoms with Crippen molar-refractivity contribution < 1.29 is 9.32 Å². The smallest absolute Gasteiger partial charge is 0.263 e. The molecule has 7 nitrogen and oxygen atoms in total. The van der Waals surface area contributed by atoms with E-state index in [0.29, 0.717) is 24.6 Å². The number of rotatable bonds is 6. The van der Waals surface area contributed by atoms with Crippen molar-refractivity contribution in [2.24, 2.45) is 5.92 Å². The fourth-order valence-electron chi connectivity index (χ4n) is 3.93. The summed E-state index contributed by atoms with van der Waals surface area (Å²) in [6.45, 7) is 5.94. The van der Waals surface area contributed by atoms with Gasteiger partial charge in [-0.25, -0.2) is 4.98 Å². The highest BCUT2D eigenvalue weighted by molar-refractivity contribution is 7.98. The fraction of sp³-hybridized carbons (Fsp3) is 0.455. The van der Waals surface area contributed by atoms with E-state index in [1.54, 1.807) is 11.8 Å². The summed E-state index contributed by atoms with van der Waals surface area (Å²) in [5.41, 5.74) is 2.49. The second-order valence-corrected chi connectivity index (χ2v) is 8.49. The first-order valence-corrected chi connectivity index (χ1v) is 11.6. The molecule has 0 aliphatic carbocycles. The summed E-state index contributed by atoms with van der Waals surface area (Å²) >= 11 is 1.71. The van der Waals surface area contributed by atoms with Crippen molar-refractivity contribution in [3.8, 4) is 0 Å². The monoisotopic (exact) mass is 425 g/mol. The third-order valence-corrected chi connectivity index (χ3v) is 6.30. The Hall–Kier alpha value is -2.61. The molecule has 3 aromatic rings. The summed E-state index contributed by atoms with van der Waals surface area (Å²) in [7, 11) is 0. The van der Waals surface area contributed by atoms with E-state index in [1.807, 2.05) is 13.8 Å². The zero-order valence-corrected chi connectivity index (χ0v) is 18.5. The van der Waals surface area contributed by atoms with Gasteiger partial charge in [-0.15, -0.1) is 11.8 Å². The van der Waals surface area contributed by atoms with Crippen LogP contribution in [0.5, 0.6) is 0 Å². The minimum Gasteiger partial charge on any atom is -0.355 e. The van der Waals surface area contributed by atoms with Gasteiger partial charge in [-0.2, -0.15) is 4.98 Å². The molecular formula is C22H27N5O2S. The molecule has 1 aliphatic heterocycles. The highest BCUT2D eigenvalue weighted by Gasteiger charge is 2.29. The maximum Gasteiger partial charge on any atom is 0.263 e. The second kappa shape index (κ2) is 9.04. The average molecular weight is 426 g/mol. The first-order chi connectivity index (χ1) is 14.6. The van der Waals surface area contributed by atoms with Gasteiger partial charge in [-0.1, -0.05) is 24.2 Å². The number of fused-ring (bicyclic) bond motifs is 1. The molecule has 0 spiro atoms. The predicted octanol–water partition coefficient (Wildman–Crippen LogP) is 3.74. The van der Waals surface area contributed by atoms with E-state index >= 15 is 0 Å². The number of benzene rings is 1. The van der Waals surface area contributed by atoms with E-state index in [-0.39, 0.29) is 11.8 Å². The molecule has 4 rings (SSSR count). The van der Waals surface area contributed by atoms with Crippen LogP contribution in [0, 0.1) is 12.8 Å². The molecule has 0 radical (unpaired) electrons. The number of piperidine rings is 1. The number of aromatic nitrogens is 3. The Morgan fingerprint density at radius 1 is 1.30 bits per heavy atom. The minimum atomic E-state index is -0.0699. The van der Waals surface area contributed by atoms with Crippen LogP contribution in [0.25, 0.3) is 11.1 Å². The lowest BCUT2D eigenvalue weighted by atomic mass is 9.96. The quantitative estimate of drug-likeness (QED) is 0.602. The Labute approximate surface area is 180 Å². The van der Waals surface area contributed by atoms with Gasteiger partial charge in [-0.3, -0.25) is 4.79 Å². The van der Waals surface area contributed by atoms with Gasteiger partial charge < -0.3 is 14.7 Å². The predicted molar refractivity (Wildman–Crippen MR) is 119 cm³/mol. The summed E-state index contributed by atoms with van der Waals surface area (Å²) in [5.74, 6) is 1.51. The van der Waals surface area contributed by atoms with Crippen molar-refractivity contribution in [2.45, 2.75) is 44.6 Å². The normalized spacial score (nSPS) is 16.8.